The predicted molar refractivity (Wildman–Crippen MR) is 93.1 cm³/mol. The van der Waals surface area contributed by atoms with E-state index in [4.69, 9.17) is 0 Å². The van der Waals surface area contributed by atoms with Gasteiger partial charge >= 0.3 is 0 Å². The first-order chi connectivity index (χ1) is 9.73. The van der Waals surface area contributed by atoms with Gasteiger partial charge in [0, 0.05) is 4.90 Å². The Morgan fingerprint density at radius 2 is 2.10 bits per heavy atom. The molecule has 3 heteroatoms. The average molecular weight is 305 g/mol. The van der Waals surface area contributed by atoms with Crippen LogP contribution in [0, 0.1) is 12.8 Å². The number of rotatable bonds is 6. The minimum atomic E-state index is -0.374. The Bertz CT molecular complexity index is 536. The Kier molecular flexibility index (Phi) is 6.09. The van der Waals surface area contributed by atoms with E-state index in [-0.39, 0.29) is 11.4 Å². The second-order valence-electron chi connectivity index (χ2n) is 6.12. The highest BCUT2D eigenvalue weighted by Gasteiger charge is 2.26. The molecule has 0 saturated carbocycles. The maximum absolute atomic E-state index is 12.4. The molecule has 0 fully saturated rings. The van der Waals surface area contributed by atoms with Gasteiger partial charge in [0.1, 0.15) is 0 Å². The molecule has 0 radical (unpaired) electrons. The number of hydrogen-bond acceptors (Lipinski definition) is 2. The first kappa shape index (κ1) is 17.8. The van der Waals surface area contributed by atoms with Gasteiger partial charge in [-0.25, -0.2) is 0 Å². The smallest absolute Gasteiger partial charge is 0.225 e. The SMILES string of the molecule is C=CC(C)(NC(=O)Cc1c(C)cc(S)cc1CC)C(C)C. The largest absolute Gasteiger partial charge is 0.347 e. The van der Waals surface area contributed by atoms with Crippen molar-refractivity contribution < 1.29 is 4.79 Å². The zero-order valence-corrected chi connectivity index (χ0v) is 14.7. The Hall–Kier alpha value is -1.22. The normalized spacial score (nSPS) is 13.9. The second kappa shape index (κ2) is 7.17. The highest BCUT2D eigenvalue weighted by Crippen LogP contribution is 2.22. The zero-order valence-electron chi connectivity index (χ0n) is 13.8. The van der Waals surface area contributed by atoms with Gasteiger partial charge in [-0.1, -0.05) is 26.8 Å². The minimum Gasteiger partial charge on any atom is -0.347 e. The van der Waals surface area contributed by atoms with E-state index in [1.807, 2.05) is 32.1 Å². The lowest BCUT2D eigenvalue weighted by Gasteiger charge is -2.31. The van der Waals surface area contributed by atoms with E-state index in [1.165, 1.54) is 5.56 Å². The van der Waals surface area contributed by atoms with E-state index in [9.17, 15) is 4.79 Å². The van der Waals surface area contributed by atoms with Crippen LogP contribution in [0.4, 0.5) is 0 Å². The Balaban J connectivity index is 2.97. The molecular formula is C18H27NOS. The van der Waals surface area contributed by atoms with Crippen molar-refractivity contribution in [2.75, 3.05) is 0 Å². The van der Waals surface area contributed by atoms with Crippen LogP contribution in [0.5, 0.6) is 0 Å². The summed E-state index contributed by atoms with van der Waals surface area (Å²) >= 11 is 4.41. The maximum Gasteiger partial charge on any atom is 0.225 e. The van der Waals surface area contributed by atoms with Gasteiger partial charge in [-0.15, -0.1) is 19.2 Å². The fourth-order valence-electron chi connectivity index (χ4n) is 2.37. The summed E-state index contributed by atoms with van der Waals surface area (Å²) in [6.45, 7) is 14.2. The Morgan fingerprint density at radius 1 is 1.48 bits per heavy atom. The molecule has 0 saturated heterocycles. The quantitative estimate of drug-likeness (QED) is 0.601. The maximum atomic E-state index is 12.4. The number of amides is 1. The van der Waals surface area contributed by atoms with Crippen LogP contribution < -0.4 is 5.32 Å². The molecule has 0 heterocycles. The van der Waals surface area contributed by atoms with Crippen molar-refractivity contribution in [3.8, 4) is 0 Å². The van der Waals surface area contributed by atoms with Crippen molar-refractivity contribution in [3.05, 3.63) is 41.5 Å². The number of aryl methyl sites for hydroxylation is 2. The third-order valence-electron chi connectivity index (χ3n) is 4.30. The number of nitrogens with one attached hydrogen (secondary N) is 1. The van der Waals surface area contributed by atoms with E-state index >= 15 is 0 Å². The van der Waals surface area contributed by atoms with Crippen molar-refractivity contribution in [1.29, 1.82) is 0 Å². The molecule has 0 aromatic heterocycles. The molecule has 21 heavy (non-hydrogen) atoms. The van der Waals surface area contributed by atoms with Gasteiger partial charge in [-0.3, -0.25) is 4.79 Å². The van der Waals surface area contributed by atoms with Crippen LogP contribution in [-0.2, 0) is 17.6 Å². The fraction of sp³-hybridized carbons (Fsp3) is 0.500. The molecule has 0 aliphatic rings. The minimum absolute atomic E-state index is 0.0378. The van der Waals surface area contributed by atoms with E-state index in [2.05, 4.69) is 45.3 Å². The molecule has 1 atom stereocenters. The molecule has 1 aromatic rings. The van der Waals surface area contributed by atoms with Gasteiger partial charge in [0.2, 0.25) is 5.91 Å². The highest BCUT2D eigenvalue weighted by atomic mass is 32.1. The first-order valence-corrected chi connectivity index (χ1v) is 7.94. The molecule has 0 aliphatic heterocycles. The van der Waals surface area contributed by atoms with Crippen LogP contribution in [0.1, 0.15) is 44.4 Å². The van der Waals surface area contributed by atoms with Crippen molar-refractivity contribution in [3.63, 3.8) is 0 Å². The highest BCUT2D eigenvalue weighted by molar-refractivity contribution is 7.80. The van der Waals surface area contributed by atoms with Crippen molar-refractivity contribution >= 4 is 18.5 Å². The summed E-state index contributed by atoms with van der Waals surface area (Å²) in [5, 5.41) is 3.11. The van der Waals surface area contributed by atoms with Crippen LogP contribution in [0.15, 0.2) is 29.7 Å². The first-order valence-electron chi connectivity index (χ1n) is 7.49. The van der Waals surface area contributed by atoms with Crippen molar-refractivity contribution in [2.24, 2.45) is 5.92 Å². The Morgan fingerprint density at radius 3 is 2.57 bits per heavy atom. The number of carbonyl (C=O) groups excluding carboxylic acids is 1. The van der Waals surface area contributed by atoms with Gasteiger partial charge in [-0.2, -0.15) is 0 Å². The zero-order chi connectivity index (χ0) is 16.2. The molecule has 0 spiro atoms. The van der Waals surface area contributed by atoms with Gasteiger partial charge < -0.3 is 5.32 Å². The molecule has 1 aromatic carbocycles. The van der Waals surface area contributed by atoms with Crippen LogP contribution in [-0.4, -0.2) is 11.4 Å². The van der Waals surface area contributed by atoms with Crippen LogP contribution in [0.25, 0.3) is 0 Å². The van der Waals surface area contributed by atoms with Crippen LogP contribution in [0.3, 0.4) is 0 Å². The summed E-state index contributed by atoms with van der Waals surface area (Å²) < 4.78 is 0. The van der Waals surface area contributed by atoms with Gasteiger partial charge in [0.25, 0.3) is 0 Å². The third kappa shape index (κ3) is 4.37. The van der Waals surface area contributed by atoms with E-state index < -0.39 is 0 Å². The van der Waals surface area contributed by atoms with E-state index in [0.29, 0.717) is 12.3 Å². The third-order valence-corrected chi connectivity index (χ3v) is 4.56. The van der Waals surface area contributed by atoms with E-state index in [0.717, 1.165) is 22.4 Å². The van der Waals surface area contributed by atoms with Gasteiger partial charge in [0.05, 0.1) is 12.0 Å². The summed E-state index contributed by atoms with van der Waals surface area (Å²) in [5.41, 5.74) is 3.06. The summed E-state index contributed by atoms with van der Waals surface area (Å²) in [5.74, 6) is 0.335. The summed E-state index contributed by atoms with van der Waals surface area (Å²) in [6, 6.07) is 4.06. The molecular weight excluding hydrogens is 278 g/mol. The monoisotopic (exact) mass is 305 g/mol. The molecule has 1 amide bonds. The second-order valence-corrected chi connectivity index (χ2v) is 6.64. The lowest BCUT2D eigenvalue weighted by molar-refractivity contribution is -0.122. The Labute approximate surface area is 134 Å². The molecule has 1 rings (SSSR count). The number of carbonyl (C=O) groups is 1. The molecule has 2 nitrogen and oxygen atoms in total. The van der Waals surface area contributed by atoms with Crippen LogP contribution in [0.2, 0.25) is 0 Å². The number of hydrogen-bond donors (Lipinski definition) is 2. The number of benzene rings is 1. The van der Waals surface area contributed by atoms with Gasteiger partial charge in [0.15, 0.2) is 0 Å². The van der Waals surface area contributed by atoms with Gasteiger partial charge in [-0.05, 0) is 55.0 Å². The average Bonchev–Trinajstić information content (AvgIpc) is 2.40. The standard InChI is InChI=1S/C18H27NOS/c1-7-14-10-15(21)9-13(5)16(14)11-17(20)19-18(6,8-2)12(3)4/h8-10,12,21H,2,7,11H2,1,3-6H3,(H,19,20). The van der Waals surface area contributed by atoms with E-state index in [1.54, 1.807) is 0 Å². The summed E-state index contributed by atoms with van der Waals surface area (Å²) in [4.78, 5) is 13.4. The fourth-order valence-corrected chi connectivity index (χ4v) is 2.72. The summed E-state index contributed by atoms with van der Waals surface area (Å²) in [7, 11) is 0. The molecule has 0 bridgehead atoms. The lowest BCUT2D eigenvalue weighted by atomic mass is 9.88. The van der Waals surface area contributed by atoms with Crippen LogP contribution >= 0.6 is 12.6 Å². The van der Waals surface area contributed by atoms with Crippen molar-refractivity contribution in [1.82, 2.24) is 5.32 Å². The summed E-state index contributed by atoms with van der Waals surface area (Å²) in [6.07, 6.45) is 3.12. The topological polar surface area (TPSA) is 29.1 Å². The predicted octanol–water partition coefficient (Wildman–Crippen LogP) is 4.11. The lowest BCUT2D eigenvalue weighted by Crippen LogP contribution is -2.48. The van der Waals surface area contributed by atoms with Crippen molar-refractivity contribution in [2.45, 2.75) is 57.9 Å². The number of thiol groups is 1. The molecule has 1 N–H and O–H groups in total. The molecule has 1 unspecified atom stereocenters. The molecule has 116 valence electrons. The molecule has 0 aliphatic carbocycles.